The molecular formula is C27H28ClN5O2. The van der Waals surface area contributed by atoms with Crippen molar-refractivity contribution in [2.45, 2.75) is 51.2 Å². The maximum atomic E-state index is 10.5. The van der Waals surface area contributed by atoms with Crippen LogP contribution in [0, 0.1) is 6.92 Å². The topological polar surface area (TPSA) is 75.8 Å². The molecule has 4 aromatic rings. The molecule has 0 bridgehead atoms. The lowest BCUT2D eigenvalue weighted by molar-refractivity contribution is 0.0664. The molecule has 0 amide bonds. The van der Waals surface area contributed by atoms with Gasteiger partial charge in [-0.3, -0.25) is 9.38 Å². The maximum absolute atomic E-state index is 10.5. The highest BCUT2D eigenvalue weighted by atomic mass is 35.5. The number of imidazole rings is 1. The van der Waals surface area contributed by atoms with Crippen LogP contribution in [0.3, 0.4) is 0 Å². The lowest BCUT2D eigenvalue weighted by atomic mass is 9.87. The van der Waals surface area contributed by atoms with Crippen LogP contribution < -0.4 is 9.64 Å². The van der Waals surface area contributed by atoms with Crippen molar-refractivity contribution in [1.29, 1.82) is 0 Å². The Morgan fingerprint density at radius 2 is 1.86 bits per heavy atom. The Hall–Kier alpha value is -3.16. The van der Waals surface area contributed by atoms with Crippen LogP contribution >= 0.6 is 11.6 Å². The number of piperidine rings is 1. The van der Waals surface area contributed by atoms with Crippen LogP contribution in [-0.2, 0) is 12.0 Å². The standard InChI is InChI=1S/C27H28ClN5O2/c1-17-21(19-8-11-29-23(22(19)28)26(2,3)34)24-30-12-15-33(24)25(31-17)32-13-9-27(10-14-32)16-18-6-4-5-7-20(18)35-27/h4-8,11-12,15,34H,9-10,13-14,16H2,1-3H3. The number of fused-ring (bicyclic) bond motifs is 2. The Morgan fingerprint density at radius 3 is 2.60 bits per heavy atom. The van der Waals surface area contributed by atoms with Gasteiger partial charge in [0.2, 0.25) is 5.95 Å². The van der Waals surface area contributed by atoms with Crippen molar-refractivity contribution in [2.24, 2.45) is 0 Å². The smallest absolute Gasteiger partial charge is 0.211 e. The molecule has 2 aliphatic rings. The minimum atomic E-state index is -1.16. The molecule has 5 heterocycles. The first-order valence-corrected chi connectivity index (χ1v) is 12.4. The van der Waals surface area contributed by atoms with Gasteiger partial charge in [0, 0.05) is 62.1 Å². The zero-order chi connectivity index (χ0) is 24.4. The van der Waals surface area contributed by atoms with Gasteiger partial charge < -0.3 is 14.7 Å². The molecule has 0 aliphatic carbocycles. The number of hydrogen-bond acceptors (Lipinski definition) is 6. The first kappa shape index (κ1) is 22.3. The minimum absolute atomic E-state index is 0.124. The van der Waals surface area contributed by atoms with Crippen LogP contribution in [0.1, 0.15) is 43.6 Å². The second-order valence-corrected chi connectivity index (χ2v) is 10.5. The lowest BCUT2D eigenvalue weighted by Crippen LogP contribution is -2.48. The van der Waals surface area contributed by atoms with E-state index in [-0.39, 0.29) is 5.60 Å². The molecule has 7 nitrogen and oxygen atoms in total. The highest BCUT2D eigenvalue weighted by Crippen LogP contribution is 2.42. The van der Waals surface area contributed by atoms with E-state index in [1.165, 1.54) is 5.56 Å². The van der Waals surface area contributed by atoms with E-state index < -0.39 is 5.60 Å². The zero-order valence-corrected chi connectivity index (χ0v) is 20.9. The van der Waals surface area contributed by atoms with Crippen LogP contribution in [0.15, 0.2) is 48.9 Å². The molecule has 1 fully saturated rings. The quantitative estimate of drug-likeness (QED) is 0.438. The number of pyridine rings is 1. The summed E-state index contributed by atoms with van der Waals surface area (Å²) in [6.45, 7) is 7.05. The predicted molar refractivity (Wildman–Crippen MR) is 136 cm³/mol. The van der Waals surface area contributed by atoms with Crippen molar-refractivity contribution in [3.63, 3.8) is 0 Å². The van der Waals surface area contributed by atoms with Gasteiger partial charge in [0.25, 0.3) is 0 Å². The molecule has 0 radical (unpaired) electrons. The lowest BCUT2D eigenvalue weighted by Gasteiger charge is -2.39. The predicted octanol–water partition coefficient (Wildman–Crippen LogP) is 4.95. The maximum Gasteiger partial charge on any atom is 0.211 e. The number of aliphatic hydroxyl groups is 1. The van der Waals surface area contributed by atoms with E-state index in [4.69, 9.17) is 21.3 Å². The second kappa shape index (κ2) is 7.93. The van der Waals surface area contributed by atoms with Crippen LogP contribution in [0.5, 0.6) is 5.75 Å². The van der Waals surface area contributed by atoms with Gasteiger partial charge in [-0.25, -0.2) is 9.97 Å². The van der Waals surface area contributed by atoms with Gasteiger partial charge in [0.15, 0.2) is 0 Å². The Labute approximate surface area is 209 Å². The van der Waals surface area contributed by atoms with Crippen LogP contribution in [-0.4, -0.2) is 43.1 Å². The van der Waals surface area contributed by atoms with Crippen molar-refractivity contribution in [3.8, 4) is 16.9 Å². The summed E-state index contributed by atoms with van der Waals surface area (Å²) in [5.41, 5.74) is 3.68. The van der Waals surface area contributed by atoms with Gasteiger partial charge in [0.1, 0.15) is 22.6 Å². The fourth-order valence-corrected chi connectivity index (χ4v) is 5.87. The van der Waals surface area contributed by atoms with Crippen LogP contribution in [0.4, 0.5) is 5.95 Å². The number of benzene rings is 1. The summed E-state index contributed by atoms with van der Waals surface area (Å²) in [5, 5.41) is 11.0. The molecule has 1 spiro atoms. The molecule has 1 aromatic carbocycles. The van der Waals surface area contributed by atoms with Crippen molar-refractivity contribution in [2.75, 3.05) is 18.0 Å². The van der Waals surface area contributed by atoms with E-state index in [1.54, 1.807) is 26.2 Å². The van der Waals surface area contributed by atoms with E-state index in [9.17, 15) is 5.11 Å². The molecule has 6 rings (SSSR count). The second-order valence-electron chi connectivity index (χ2n) is 10.1. The van der Waals surface area contributed by atoms with Crippen molar-refractivity contribution < 1.29 is 9.84 Å². The monoisotopic (exact) mass is 489 g/mol. The van der Waals surface area contributed by atoms with Crippen molar-refractivity contribution >= 4 is 23.2 Å². The molecule has 8 heteroatoms. The Kier molecular flexibility index (Phi) is 5.06. The number of anilines is 1. The van der Waals surface area contributed by atoms with Crippen molar-refractivity contribution in [3.05, 3.63) is 70.9 Å². The number of para-hydroxylation sites is 1. The normalized spacial score (nSPS) is 17.1. The molecule has 35 heavy (non-hydrogen) atoms. The third kappa shape index (κ3) is 3.65. The summed E-state index contributed by atoms with van der Waals surface area (Å²) in [6.07, 6.45) is 8.24. The number of halogens is 1. The first-order valence-electron chi connectivity index (χ1n) is 12.0. The van der Waals surface area contributed by atoms with E-state index in [1.807, 2.05) is 29.7 Å². The molecule has 1 saturated heterocycles. The molecule has 180 valence electrons. The molecule has 0 unspecified atom stereocenters. The first-order chi connectivity index (χ1) is 16.8. The van der Waals surface area contributed by atoms with Gasteiger partial charge >= 0.3 is 0 Å². The van der Waals surface area contributed by atoms with E-state index in [2.05, 4.69) is 33.1 Å². The highest BCUT2D eigenvalue weighted by molar-refractivity contribution is 6.34. The summed E-state index contributed by atoms with van der Waals surface area (Å²) in [7, 11) is 0. The number of nitrogens with zero attached hydrogens (tertiary/aromatic N) is 5. The fraction of sp³-hybridized carbons (Fsp3) is 0.370. The number of aromatic nitrogens is 4. The SMILES string of the molecule is Cc1nc(N2CCC3(CC2)Cc2ccccc2O3)n2ccnc2c1-c1ccnc(C(C)(C)O)c1Cl. The van der Waals surface area contributed by atoms with Gasteiger partial charge in [0.05, 0.1) is 16.4 Å². The molecule has 0 saturated carbocycles. The fourth-order valence-electron chi connectivity index (χ4n) is 5.43. The summed E-state index contributed by atoms with van der Waals surface area (Å²) in [6, 6.07) is 10.2. The molecular weight excluding hydrogens is 462 g/mol. The molecule has 1 N–H and O–H groups in total. The Bertz CT molecular complexity index is 1410. The Balaban J connectivity index is 1.34. The third-order valence-electron chi connectivity index (χ3n) is 7.22. The van der Waals surface area contributed by atoms with Gasteiger partial charge in [-0.05, 0) is 38.5 Å². The van der Waals surface area contributed by atoms with E-state index in [0.717, 1.165) is 66.5 Å². The number of aryl methyl sites for hydroxylation is 1. The van der Waals surface area contributed by atoms with Gasteiger partial charge in [-0.15, -0.1) is 0 Å². The van der Waals surface area contributed by atoms with Crippen LogP contribution in [0.2, 0.25) is 5.02 Å². The average Bonchev–Trinajstić information content (AvgIpc) is 3.44. The van der Waals surface area contributed by atoms with Crippen LogP contribution in [0.25, 0.3) is 16.8 Å². The number of ether oxygens (including phenoxy) is 1. The summed E-state index contributed by atoms with van der Waals surface area (Å²) >= 11 is 6.75. The van der Waals surface area contributed by atoms with Gasteiger partial charge in [-0.2, -0.15) is 0 Å². The van der Waals surface area contributed by atoms with Gasteiger partial charge in [-0.1, -0.05) is 29.8 Å². The highest BCUT2D eigenvalue weighted by Gasteiger charge is 2.42. The zero-order valence-electron chi connectivity index (χ0n) is 20.1. The molecule has 3 aromatic heterocycles. The summed E-state index contributed by atoms with van der Waals surface area (Å²) < 4.78 is 8.47. The average molecular weight is 490 g/mol. The van der Waals surface area contributed by atoms with E-state index in [0.29, 0.717) is 10.7 Å². The largest absolute Gasteiger partial charge is 0.487 e. The van der Waals surface area contributed by atoms with Crippen molar-refractivity contribution in [1.82, 2.24) is 19.4 Å². The van der Waals surface area contributed by atoms with E-state index >= 15 is 0 Å². The minimum Gasteiger partial charge on any atom is -0.487 e. The third-order valence-corrected chi connectivity index (χ3v) is 7.60. The summed E-state index contributed by atoms with van der Waals surface area (Å²) in [5.74, 6) is 1.90. The molecule has 0 atom stereocenters. The number of hydrogen-bond donors (Lipinski definition) is 1. The summed E-state index contributed by atoms with van der Waals surface area (Å²) in [4.78, 5) is 16.3. The number of rotatable bonds is 3. The Morgan fingerprint density at radius 1 is 1.09 bits per heavy atom. The molecule has 2 aliphatic heterocycles.